The molecule has 0 atom stereocenters. The Morgan fingerprint density at radius 3 is 2.46 bits per heavy atom. The lowest BCUT2D eigenvalue weighted by Gasteiger charge is -2.21. The molecular weight excluding hydrogens is 323 g/mol. The summed E-state index contributed by atoms with van der Waals surface area (Å²) in [5.41, 5.74) is 2.42. The van der Waals surface area contributed by atoms with Crippen molar-refractivity contribution < 1.29 is 17.6 Å². The molecule has 0 fully saturated rings. The van der Waals surface area contributed by atoms with Gasteiger partial charge in [-0.3, -0.25) is 0 Å². The third-order valence-corrected chi connectivity index (χ3v) is 4.06. The summed E-state index contributed by atoms with van der Waals surface area (Å²) in [4.78, 5) is 1.78. The molecular formula is C15H16F3N5O. The second kappa shape index (κ2) is 5.50. The summed E-state index contributed by atoms with van der Waals surface area (Å²) in [6.45, 7) is 5.81. The first-order chi connectivity index (χ1) is 11.2. The molecule has 0 unspecified atom stereocenters. The van der Waals surface area contributed by atoms with E-state index in [4.69, 9.17) is 4.42 Å². The zero-order valence-electron chi connectivity index (χ0n) is 13.6. The first-order valence-corrected chi connectivity index (χ1v) is 7.24. The van der Waals surface area contributed by atoms with Crippen molar-refractivity contribution in [1.82, 2.24) is 19.8 Å². The van der Waals surface area contributed by atoms with Gasteiger partial charge in [0.15, 0.2) is 11.5 Å². The predicted octanol–water partition coefficient (Wildman–Crippen LogP) is 3.30. The Bertz CT molecular complexity index is 897. The van der Waals surface area contributed by atoms with Crippen LogP contribution >= 0.6 is 0 Å². The fourth-order valence-electron chi connectivity index (χ4n) is 2.56. The molecule has 3 aromatic heterocycles. The highest BCUT2D eigenvalue weighted by Gasteiger charge is 2.38. The van der Waals surface area contributed by atoms with Crippen LogP contribution in [0.2, 0.25) is 0 Å². The van der Waals surface area contributed by atoms with Gasteiger partial charge in [-0.15, -0.1) is 15.3 Å². The molecule has 0 spiro atoms. The van der Waals surface area contributed by atoms with Gasteiger partial charge in [0.25, 0.3) is 5.82 Å². The van der Waals surface area contributed by atoms with E-state index in [9.17, 15) is 13.2 Å². The first kappa shape index (κ1) is 16.3. The molecule has 0 amide bonds. The van der Waals surface area contributed by atoms with Crippen molar-refractivity contribution in [3.05, 3.63) is 40.6 Å². The number of aryl methyl sites for hydroxylation is 2. The Morgan fingerprint density at radius 2 is 1.88 bits per heavy atom. The van der Waals surface area contributed by atoms with E-state index in [0.29, 0.717) is 17.9 Å². The highest BCUT2D eigenvalue weighted by Crippen LogP contribution is 2.30. The summed E-state index contributed by atoms with van der Waals surface area (Å²) in [6.07, 6.45) is -3.04. The quantitative estimate of drug-likeness (QED) is 0.733. The number of hydrogen-bond donors (Lipinski definition) is 0. The summed E-state index contributed by atoms with van der Waals surface area (Å²) >= 11 is 0. The summed E-state index contributed by atoms with van der Waals surface area (Å²) in [5.74, 6) is 0.0678. The molecule has 0 aliphatic heterocycles. The molecule has 0 N–H and O–H groups in total. The van der Waals surface area contributed by atoms with E-state index in [1.54, 1.807) is 32.1 Å². The zero-order valence-corrected chi connectivity index (χ0v) is 13.6. The minimum Gasteiger partial charge on any atom is -0.469 e. The number of alkyl halides is 3. The van der Waals surface area contributed by atoms with Crippen LogP contribution in [0, 0.1) is 20.8 Å². The van der Waals surface area contributed by atoms with Gasteiger partial charge in [-0.2, -0.15) is 17.7 Å². The number of fused-ring (bicyclic) bond motifs is 1. The average Bonchev–Trinajstić information content (AvgIpc) is 3.09. The largest absolute Gasteiger partial charge is 0.469 e. The maximum atomic E-state index is 13.1. The van der Waals surface area contributed by atoms with Gasteiger partial charge in [-0.1, -0.05) is 0 Å². The van der Waals surface area contributed by atoms with E-state index in [2.05, 4.69) is 15.3 Å². The minimum absolute atomic E-state index is 0.108. The Hall–Kier alpha value is -2.58. The van der Waals surface area contributed by atoms with Gasteiger partial charge >= 0.3 is 6.18 Å². The minimum atomic E-state index is -4.62. The van der Waals surface area contributed by atoms with Crippen molar-refractivity contribution in [1.29, 1.82) is 0 Å². The van der Waals surface area contributed by atoms with Crippen molar-refractivity contribution in [2.24, 2.45) is 0 Å². The maximum absolute atomic E-state index is 13.1. The number of anilines is 1. The summed E-state index contributed by atoms with van der Waals surface area (Å²) < 4.78 is 45.3. The van der Waals surface area contributed by atoms with E-state index >= 15 is 0 Å². The summed E-state index contributed by atoms with van der Waals surface area (Å²) in [7, 11) is 1.77. The monoisotopic (exact) mass is 339 g/mol. The maximum Gasteiger partial charge on any atom is 0.453 e. The van der Waals surface area contributed by atoms with Gasteiger partial charge in [-0.25, -0.2) is 0 Å². The number of aromatic nitrogens is 4. The number of furan rings is 1. The van der Waals surface area contributed by atoms with Crippen LogP contribution in [0.1, 0.15) is 28.3 Å². The normalized spacial score (nSPS) is 12.1. The lowest BCUT2D eigenvalue weighted by Crippen LogP contribution is -2.22. The highest BCUT2D eigenvalue weighted by molar-refractivity contribution is 5.59. The van der Waals surface area contributed by atoms with Crippen molar-refractivity contribution in [3.8, 4) is 0 Å². The Labute approximate surface area is 135 Å². The van der Waals surface area contributed by atoms with Crippen molar-refractivity contribution in [2.75, 3.05) is 11.9 Å². The van der Waals surface area contributed by atoms with E-state index in [-0.39, 0.29) is 5.65 Å². The van der Waals surface area contributed by atoms with Crippen LogP contribution in [-0.2, 0) is 12.7 Å². The Balaban J connectivity index is 2.10. The van der Waals surface area contributed by atoms with Gasteiger partial charge in [0.05, 0.1) is 6.26 Å². The van der Waals surface area contributed by atoms with Gasteiger partial charge in [0.2, 0.25) is 0 Å². The molecule has 24 heavy (non-hydrogen) atoms. The molecule has 3 aromatic rings. The topological polar surface area (TPSA) is 59.5 Å². The number of rotatable bonds is 3. The standard InChI is InChI=1S/C15H16F3N5O/c1-8-9(2)13(22(4)7-11-5-6-24-10(11)3)21-23-12(8)19-20-14(23)15(16,17)18/h5-6H,7H2,1-4H3. The lowest BCUT2D eigenvalue weighted by atomic mass is 10.1. The Kier molecular flexibility index (Phi) is 3.73. The Morgan fingerprint density at radius 1 is 1.17 bits per heavy atom. The smallest absolute Gasteiger partial charge is 0.453 e. The van der Waals surface area contributed by atoms with Gasteiger partial charge in [-0.05, 0) is 26.8 Å². The first-order valence-electron chi connectivity index (χ1n) is 7.24. The third kappa shape index (κ3) is 2.59. The van der Waals surface area contributed by atoms with E-state index in [1.807, 2.05) is 13.0 Å². The zero-order chi connectivity index (χ0) is 17.6. The van der Waals surface area contributed by atoms with Crippen LogP contribution in [0.15, 0.2) is 16.7 Å². The second-order valence-electron chi connectivity index (χ2n) is 5.69. The molecule has 0 saturated heterocycles. The van der Waals surface area contributed by atoms with Crippen molar-refractivity contribution in [3.63, 3.8) is 0 Å². The van der Waals surface area contributed by atoms with Crippen molar-refractivity contribution in [2.45, 2.75) is 33.5 Å². The van der Waals surface area contributed by atoms with E-state index < -0.39 is 12.0 Å². The van der Waals surface area contributed by atoms with Crippen LogP contribution in [0.5, 0.6) is 0 Å². The molecule has 0 bridgehead atoms. The fourth-order valence-corrected chi connectivity index (χ4v) is 2.56. The highest BCUT2D eigenvalue weighted by atomic mass is 19.4. The SMILES string of the molecule is Cc1occc1CN(C)c1nn2c(C(F)(F)F)nnc2c(C)c1C. The molecule has 0 aliphatic rings. The van der Waals surface area contributed by atoms with Crippen LogP contribution in [0.4, 0.5) is 19.0 Å². The average molecular weight is 339 g/mol. The van der Waals surface area contributed by atoms with Gasteiger partial charge in [0, 0.05) is 30.3 Å². The fraction of sp³-hybridized carbons (Fsp3) is 0.400. The van der Waals surface area contributed by atoms with Crippen molar-refractivity contribution >= 4 is 11.5 Å². The number of hydrogen-bond acceptors (Lipinski definition) is 5. The lowest BCUT2D eigenvalue weighted by molar-refractivity contribution is -0.146. The number of nitrogens with zero attached hydrogens (tertiary/aromatic N) is 5. The molecule has 0 saturated carbocycles. The second-order valence-corrected chi connectivity index (χ2v) is 5.69. The summed E-state index contributed by atoms with van der Waals surface area (Å²) in [5, 5.41) is 11.0. The van der Waals surface area contributed by atoms with Crippen LogP contribution in [0.25, 0.3) is 5.65 Å². The third-order valence-electron chi connectivity index (χ3n) is 4.06. The molecule has 9 heteroatoms. The predicted molar refractivity (Wildman–Crippen MR) is 80.8 cm³/mol. The van der Waals surface area contributed by atoms with Crippen LogP contribution in [0.3, 0.4) is 0 Å². The molecule has 0 radical (unpaired) electrons. The van der Waals surface area contributed by atoms with E-state index in [0.717, 1.165) is 21.4 Å². The molecule has 3 heterocycles. The summed E-state index contributed by atoms with van der Waals surface area (Å²) in [6, 6.07) is 1.83. The molecule has 128 valence electrons. The van der Waals surface area contributed by atoms with Crippen LogP contribution in [-0.4, -0.2) is 26.9 Å². The van der Waals surface area contributed by atoms with Gasteiger partial charge < -0.3 is 9.32 Å². The van der Waals surface area contributed by atoms with E-state index in [1.165, 1.54) is 0 Å². The molecule has 0 aliphatic carbocycles. The number of halogens is 3. The molecule has 3 rings (SSSR count). The van der Waals surface area contributed by atoms with Gasteiger partial charge in [0.1, 0.15) is 5.76 Å². The molecule has 6 nitrogen and oxygen atoms in total. The molecule has 0 aromatic carbocycles. The van der Waals surface area contributed by atoms with Crippen LogP contribution < -0.4 is 4.90 Å².